The minimum Gasteiger partial charge on any atom is -0.338 e. The number of fused-ring (bicyclic) bond motifs is 1. The molecule has 0 atom stereocenters. The molecule has 0 amide bonds. The third kappa shape index (κ3) is 3.68. The van der Waals surface area contributed by atoms with E-state index in [0.717, 1.165) is 11.3 Å². The average Bonchev–Trinajstić information content (AvgIpc) is 3.14. The lowest BCUT2D eigenvalue weighted by atomic mass is 10.2. The first-order valence-corrected chi connectivity index (χ1v) is 10.1. The Morgan fingerprint density at radius 3 is 2.79 bits per heavy atom. The van der Waals surface area contributed by atoms with E-state index in [1.165, 1.54) is 11.8 Å². The number of nitrogens with zero attached hydrogens (tertiary/aromatic N) is 4. The predicted molar refractivity (Wildman–Crippen MR) is 110 cm³/mol. The van der Waals surface area contributed by atoms with Gasteiger partial charge < -0.3 is 4.52 Å². The topological polar surface area (TPSA) is 73.8 Å². The molecule has 142 valence electrons. The fraction of sp³-hybridized carbons (Fsp3) is 0.200. The van der Waals surface area contributed by atoms with Crippen LogP contribution in [0.4, 0.5) is 0 Å². The van der Waals surface area contributed by atoms with Gasteiger partial charge in [-0.1, -0.05) is 47.6 Å². The SMILES string of the molecule is CCc1noc(CSc2nc3cc(Cl)ccc3c(=O)n2-c2cccc(C)c2)n1. The molecular formula is C20H17ClN4O2S. The van der Waals surface area contributed by atoms with Gasteiger partial charge in [0.15, 0.2) is 11.0 Å². The Hall–Kier alpha value is -2.64. The molecule has 0 saturated carbocycles. The van der Waals surface area contributed by atoms with Crippen LogP contribution in [-0.2, 0) is 12.2 Å². The molecule has 0 radical (unpaired) electrons. The number of hydrogen-bond donors (Lipinski definition) is 0. The molecule has 2 aromatic heterocycles. The molecule has 0 bridgehead atoms. The maximum atomic E-state index is 13.2. The highest BCUT2D eigenvalue weighted by Gasteiger charge is 2.15. The van der Waals surface area contributed by atoms with Crippen LogP contribution >= 0.6 is 23.4 Å². The number of aromatic nitrogens is 4. The van der Waals surface area contributed by atoms with Crippen LogP contribution in [0.3, 0.4) is 0 Å². The Kier molecular flexibility index (Phi) is 5.19. The summed E-state index contributed by atoms with van der Waals surface area (Å²) >= 11 is 7.48. The first-order valence-electron chi connectivity index (χ1n) is 8.79. The molecule has 0 saturated heterocycles. The Balaban J connectivity index is 1.84. The quantitative estimate of drug-likeness (QED) is 0.352. The zero-order valence-electron chi connectivity index (χ0n) is 15.3. The first kappa shape index (κ1) is 18.7. The van der Waals surface area contributed by atoms with Gasteiger partial charge in [0, 0.05) is 11.4 Å². The van der Waals surface area contributed by atoms with Crippen LogP contribution in [-0.4, -0.2) is 19.7 Å². The van der Waals surface area contributed by atoms with E-state index in [1.807, 2.05) is 38.1 Å². The minimum absolute atomic E-state index is 0.144. The van der Waals surface area contributed by atoms with E-state index in [1.54, 1.807) is 22.8 Å². The second kappa shape index (κ2) is 7.77. The number of aryl methyl sites for hydroxylation is 2. The monoisotopic (exact) mass is 412 g/mol. The van der Waals surface area contributed by atoms with Gasteiger partial charge in [-0.3, -0.25) is 9.36 Å². The molecule has 0 aliphatic heterocycles. The first-order chi connectivity index (χ1) is 13.5. The minimum atomic E-state index is -0.144. The Labute approximate surface area is 170 Å². The summed E-state index contributed by atoms with van der Waals surface area (Å²) in [5.41, 5.74) is 2.23. The van der Waals surface area contributed by atoms with Crippen molar-refractivity contribution in [3.05, 3.63) is 75.1 Å². The molecule has 0 aliphatic rings. The summed E-state index contributed by atoms with van der Waals surface area (Å²) in [6.45, 7) is 3.95. The largest absolute Gasteiger partial charge is 0.338 e. The number of thioether (sulfide) groups is 1. The maximum absolute atomic E-state index is 13.2. The van der Waals surface area contributed by atoms with E-state index in [-0.39, 0.29) is 5.56 Å². The molecule has 0 unspecified atom stereocenters. The number of rotatable bonds is 5. The number of benzene rings is 2. The second-order valence-electron chi connectivity index (χ2n) is 6.28. The summed E-state index contributed by atoms with van der Waals surface area (Å²) in [4.78, 5) is 22.3. The van der Waals surface area contributed by atoms with Gasteiger partial charge in [0.05, 0.1) is 22.3 Å². The summed E-state index contributed by atoms with van der Waals surface area (Å²) in [6.07, 6.45) is 0.703. The molecule has 4 aromatic rings. The van der Waals surface area contributed by atoms with Crippen molar-refractivity contribution in [1.82, 2.24) is 19.7 Å². The second-order valence-corrected chi connectivity index (χ2v) is 7.66. The Morgan fingerprint density at radius 1 is 1.18 bits per heavy atom. The lowest BCUT2D eigenvalue weighted by Gasteiger charge is -2.13. The third-order valence-electron chi connectivity index (χ3n) is 4.21. The van der Waals surface area contributed by atoms with Crippen LogP contribution in [0.2, 0.25) is 5.02 Å². The van der Waals surface area contributed by atoms with Crippen LogP contribution in [0.15, 0.2) is 56.9 Å². The van der Waals surface area contributed by atoms with E-state index in [0.29, 0.717) is 45.0 Å². The molecule has 8 heteroatoms. The fourth-order valence-electron chi connectivity index (χ4n) is 2.85. The van der Waals surface area contributed by atoms with Crippen molar-refractivity contribution in [3.8, 4) is 5.69 Å². The summed E-state index contributed by atoms with van der Waals surface area (Å²) in [5.74, 6) is 1.57. The molecule has 0 spiro atoms. The van der Waals surface area contributed by atoms with Crippen molar-refractivity contribution >= 4 is 34.3 Å². The van der Waals surface area contributed by atoms with Gasteiger partial charge in [0.1, 0.15) is 0 Å². The number of hydrogen-bond acceptors (Lipinski definition) is 6. The van der Waals surface area contributed by atoms with E-state index in [2.05, 4.69) is 10.1 Å². The lowest BCUT2D eigenvalue weighted by molar-refractivity contribution is 0.385. The standard InChI is InChI=1S/C20H17ClN4O2S/c1-3-17-23-18(27-24-17)11-28-20-22-16-10-13(21)7-8-15(16)19(26)25(20)14-6-4-5-12(2)9-14/h4-10H,3,11H2,1-2H3. The molecule has 28 heavy (non-hydrogen) atoms. The van der Waals surface area contributed by atoms with E-state index in [4.69, 9.17) is 21.1 Å². The predicted octanol–water partition coefficient (Wildman–Crippen LogP) is 4.59. The van der Waals surface area contributed by atoms with Gasteiger partial charge in [-0.25, -0.2) is 4.98 Å². The van der Waals surface area contributed by atoms with Crippen molar-refractivity contribution in [2.45, 2.75) is 31.2 Å². The third-order valence-corrected chi connectivity index (χ3v) is 5.37. The van der Waals surface area contributed by atoms with Crippen LogP contribution in [0.25, 0.3) is 16.6 Å². The molecule has 2 aromatic carbocycles. The van der Waals surface area contributed by atoms with Gasteiger partial charge in [-0.2, -0.15) is 4.98 Å². The van der Waals surface area contributed by atoms with Crippen molar-refractivity contribution in [3.63, 3.8) is 0 Å². The fourth-order valence-corrected chi connectivity index (χ4v) is 3.87. The van der Waals surface area contributed by atoms with E-state index < -0.39 is 0 Å². The van der Waals surface area contributed by atoms with Crippen LogP contribution in [0.5, 0.6) is 0 Å². The highest BCUT2D eigenvalue weighted by atomic mass is 35.5. The molecule has 6 nitrogen and oxygen atoms in total. The zero-order chi connectivity index (χ0) is 19.7. The van der Waals surface area contributed by atoms with Crippen molar-refractivity contribution in [1.29, 1.82) is 0 Å². The van der Waals surface area contributed by atoms with Crippen LogP contribution in [0.1, 0.15) is 24.2 Å². The van der Waals surface area contributed by atoms with Gasteiger partial charge in [0.25, 0.3) is 5.56 Å². The number of halogens is 1. The Bertz CT molecular complexity index is 1220. The van der Waals surface area contributed by atoms with Gasteiger partial charge in [-0.15, -0.1) is 0 Å². The van der Waals surface area contributed by atoms with Crippen LogP contribution < -0.4 is 5.56 Å². The molecular weight excluding hydrogens is 396 g/mol. The van der Waals surface area contributed by atoms with Crippen molar-refractivity contribution in [2.75, 3.05) is 0 Å². The molecule has 4 rings (SSSR count). The summed E-state index contributed by atoms with van der Waals surface area (Å²) < 4.78 is 6.88. The average molecular weight is 413 g/mol. The van der Waals surface area contributed by atoms with Gasteiger partial charge in [0.2, 0.25) is 5.89 Å². The lowest BCUT2D eigenvalue weighted by Crippen LogP contribution is -2.21. The highest BCUT2D eigenvalue weighted by Crippen LogP contribution is 2.25. The summed E-state index contributed by atoms with van der Waals surface area (Å²) in [6, 6.07) is 12.9. The molecule has 2 heterocycles. The zero-order valence-corrected chi connectivity index (χ0v) is 16.9. The highest BCUT2D eigenvalue weighted by molar-refractivity contribution is 7.98. The van der Waals surface area contributed by atoms with E-state index >= 15 is 0 Å². The van der Waals surface area contributed by atoms with Gasteiger partial charge >= 0.3 is 0 Å². The summed E-state index contributed by atoms with van der Waals surface area (Å²) in [5, 5.41) is 5.51. The van der Waals surface area contributed by atoms with Crippen molar-refractivity contribution < 1.29 is 4.52 Å². The Morgan fingerprint density at radius 2 is 2.04 bits per heavy atom. The van der Waals surface area contributed by atoms with E-state index in [9.17, 15) is 4.79 Å². The molecule has 0 N–H and O–H groups in total. The smallest absolute Gasteiger partial charge is 0.266 e. The molecule has 0 fully saturated rings. The van der Waals surface area contributed by atoms with Crippen LogP contribution in [0, 0.1) is 6.92 Å². The molecule has 0 aliphatic carbocycles. The van der Waals surface area contributed by atoms with Crippen molar-refractivity contribution in [2.24, 2.45) is 0 Å². The van der Waals surface area contributed by atoms with Gasteiger partial charge in [-0.05, 0) is 42.8 Å². The normalized spacial score (nSPS) is 11.2. The maximum Gasteiger partial charge on any atom is 0.266 e. The summed E-state index contributed by atoms with van der Waals surface area (Å²) in [7, 11) is 0.